The minimum atomic E-state index is -1.19. The summed E-state index contributed by atoms with van der Waals surface area (Å²) in [5.41, 5.74) is -1.41. The summed E-state index contributed by atoms with van der Waals surface area (Å²) in [5.74, 6) is 1.14. The Labute approximate surface area is 283 Å². The molecule has 8 rings (SSSR count). The number of likely N-dealkylation sites (tertiary alicyclic amines) is 1. The van der Waals surface area contributed by atoms with Gasteiger partial charge in [0.25, 0.3) is 0 Å². The van der Waals surface area contributed by atoms with Crippen molar-refractivity contribution < 1.29 is 33.2 Å². The van der Waals surface area contributed by atoms with Gasteiger partial charge in [0, 0.05) is 35.1 Å². The number of fused-ring (bicyclic) bond motifs is 3. The first-order chi connectivity index (χ1) is 23.7. The molecule has 3 atom stereocenters. The van der Waals surface area contributed by atoms with Crippen molar-refractivity contribution >= 4 is 27.5 Å². The van der Waals surface area contributed by atoms with Gasteiger partial charge in [0.15, 0.2) is 5.82 Å². The van der Waals surface area contributed by atoms with E-state index in [1.165, 1.54) is 30.5 Å². The molecule has 49 heavy (non-hydrogen) atoms. The number of aromatic nitrogens is 3. The van der Waals surface area contributed by atoms with Crippen LogP contribution in [-0.2, 0) is 9.47 Å². The summed E-state index contributed by atoms with van der Waals surface area (Å²) in [6.45, 7) is 5.65. The minimum absolute atomic E-state index is 0.0172. The van der Waals surface area contributed by atoms with Gasteiger partial charge in [-0.15, -0.1) is 6.42 Å². The van der Waals surface area contributed by atoms with Crippen LogP contribution in [0.2, 0.25) is 0 Å². The quantitative estimate of drug-likeness (QED) is 0.277. The van der Waals surface area contributed by atoms with Crippen LogP contribution < -0.4 is 9.64 Å². The number of hydrogen-bond donors (Lipinski definition) is 2. The number of phenolic OH excluding ortho intramolecular Hbond substituents is 1. The van der Waals surface area contributed by atoms with Crippen LogP contribution in [0.4, 0.5) is 14.6 Å². The van der Waals surface area contributed by atoms with Crippen molar-refractivity contribution in [3.63, 3.8) is 0 Å². The predicted octanol–water partition coefficient (Wildman–Crippen LogP) is 4.81. The molecule has 0 amide bonds. The molecular weight excluding hydrogens is 632 g/mol. The Hall–Kier alpha value is -4.15. The first-order valence-electron chi connectivity index (χ1n) is 17.0. The molecule has 10 nitrogen and oxygen atoms in total. The summed E-state index contributed by atoms with van der Waals surface area (Å²) in [5, 5.41) is 22.6. The number of phenols is 1. The highest BCUT2D eigenvalue weighted by Crippen LogP contribution is 2.49. The van der Waals surface area contributed by atoms with Crippen LogP contribution in [-0.4, -0.2) is 100 Å². The smallest absolute Gasteiger partial charge is 0.319 e. The molecule has 3 saturated heterocycles. The lowest BCUT2D eigenvalue weighted by atomic mass is 9.75. The SMILES string of the molecule is C#Cc1c(F)ccc2cc(O)cc(-c3ncc4c(N5CCOC[C@](C)(O)C5)nc(OC[C@]56CCC[C@H]5N(C5COC5)CCC6)nc4c3F)c12. The number of aromatic hydroxyl groups is 1. The van der Waals surface area contributed by atoms with E-state index < -0.39 is 17.2 Å². The molecule has 1 aliphatic carbocycles. The Kier molecular flexibility index (Phi) is 8.06. The van der Waals surface area contributed by atoms with Crippen molar-refractivity contribution in [3.8, 4) is 35.4 Å². The van der Waals surface area contributed by atoms with Crippen molar-refractivity contribution in [1.29, 1.82) is 0 Å². The molecule has 4 aliphatic rings. The van der Waals surface area contributed by atoms with E-state index in [1.807, 2.05) is 4.90 Å². The molecular formula is C37H39F2N5O5. The lowest BCUT2D eigenvalue weighted by Gasteiger charge is -2.51. The fourth-order valence-electron chi connectivity index (χ4n) is 8.45. The van der Waals surface area contributed by atoms with Crippen LogP contribution in [0.1, 0.15) is 44.6 Å². The van der Waals surface area contributed by atoms with Gasteiger partial charge in [-0.3, -0.25) is 9.88 Å². The average molecular weight is 672 g/mol. The van der Waals surface area contributed by atoms with Crippen LogP contribution in [0.25, 0.3) is 32.9 Å². The number of ether oxygens (including phenoxy) is 3. The molecule has 2 aromatic heterocycles. The van der Waals surface area contributed by atoms with Crippen molar-refractivity contribution in [2.45, 2.75) is 56.7 Å². The van der Waals surface area contributed by atoms with Gasteiger partial charge in [-0.05, 0) is 62.7 Å². The van der Waals surface area contributed by atoms with Gasteiger partial charge >= 0.3 is 6.01 Å². The van der Waals surface area contributed by atoms with Gasteiger partial charge in [-0.2, -0.15) is 9.97 Å². The molecule has 5 heterocycles. The van der Waals surface area contributed by atoms with Gasteiger partial charge in [-0.1, -0.05) is 18.4 Å². The van der Waals surface area contributed by atoms with Crippen LogP contribution in [0.5, 0.6) is 11.8 Å². The van der Waals surface area contributed by atoms with E-state index in [0.717, 1.165) is 51.9 Å². The molecule has 2 aromatic carbocycles. The fourth-order valence-corrected chi connectivity index (χ4v) is 8.45. The zero-order valence-corrected chi connectivity index (χ0v) is 27.4. The molecule has 0 bridgehead atoms. The second-order valence-corrected chi connectivity index (χ2v) is 14.2. The summed E-state index contributed by atoms with van der Waals surface area (Å²) in [7, 11) is 0. The molecule has 3 aliphatic heterocycles. The van der Waals surface area contributed by atoms with E-state index in [9.17, 15) is 14.6 Å². The minimum Gasteiger partial charge on any atom is -0.508 e. The van der Waals surface area contributed by atoms with Crippen molar-refractivity contribution in [3.05, 3.63) is 47.7 Å². The first kappa shape index (κ1) is 32.1. The molecule has 12 heteroatoms. The molecule has 4 fully saturated rings. The van der Waals surface area contributed by atoms with Crippen LogP contribution in [0.3, 0.4) is 0 Å². The molecule has 0 radical (unpaired) electrons. The van der Waals surface area contributed by atoms with Crippen molar-refractivity contribution in [2.75, 3.05) is 57.6 Å². The third-order valence-electron chi connectivity index (χ3n) is 10.8. The fraction of sp³-hybridized carbons (Fsp3) is 0.486. The highest BCUT2D eigenvalue weighted by molar-refractivity contribution is 6.03. The number of rotatable bonds is 6. The number of aliphatic hydroxyl groups is 1. The number of anilines is 1. The van der Waals surface area contributed by atoms with Crippen molar-refractivity contribution in [1.82, 2.24) is 19.9 Å². The maximum atomic E-state index is 17.0. The Morgan fingerprint density at radius 1 is 1.12 bits per heavy atom. The van der Waals surface area contributed by atoms with Gasteiger partial charge < -0.3 is 29.3 Å². The van der Waals surface area contributed by atoms with Gasteiger partial charge in [0.1, 0.15) is 34.2 Å². The number of benzene rings is 2. The van der Waals surface area contributed by atoms with E-state index in [1.54, 1.807) is 6.92 Å². The monoisotopic (exact) mass is 671 g/mol. The van der Waals surface area contributed by atoms with Gasteiger partial charge in [-0.25, -0.2) is 8.78 Å². The largest absolute Gasteiger partial charge is 0.508 e. The topological polar surface area (TPSA) is 113 Å². The van der Waals surface area contributed by atoms with Crippen LogP contribution >= 0.6 is 0 Å². The molecule has 256 valence electrons. The highest BCUT2D eigenvalue weighted by atomic mass is 19.1. The summed E-state index contributed by atoms with van der Waals surface area (Å²) < 4.78 is 49.5. The standard InChI is InChI=1S/C37H39F2N5O5/c1-3-25-28(38)8-7-22-14-24(45)15-26(30(22)25)32-31(39)33-27(16-40-32)34(43-12-13-47-20-36(2,46)19-43)42-35(41-33)49-21-37-9-4-6-29(37)44(11-5-10-37)23-17-48-18-23/h1,7-8,14-16,23,29,45-46H,4-6,9-13,17-21H2,2H3/t29-,36-,37-/m1/s1. The third kappa shape index (κ3) is 5.62. The maximum absolute atomic E-state index is 17.0. The Balaban J connectivity index is 1.25. The van der Waals surface area contributed by atoms with Gasteiger partial charge in [0.05, 0.1) is 56.6 Å². The third-order valence-corrected chi connectivity index (χ3v) is 10.8. The number of β-amino-alcohol motifs (C(OH)–C–C–N with tert-alkyl or cyclic N) is 1. The predicted molar refractivity (Wildman–Crippen MR) is 180 cm³/mol. The Morgan fingerprint density at radius 2 is 1.96 bits per heavy atom. The number of piperidine rings is 1. The highest BCUT2D eigenvalue weighted by Gasteiger charge is 2.51. The number of halogens is 2. The number of hydrogen-bond acceptors (Lipinski definition) is 10. The second kappa shape index (κ2) is 12.3. The number of nitrogens with zero attached hydrogens (tertiary/aromatic N) is 5. The summed E-state index contributed by atoms with van der Waals surface area (Å²) >= 11 is 0. The Morgan fingerprint density at radius 3 is 2.76 bits per heavy atom. The average Bonchev–Trinajstić information content (AvgIpc) is 3.41. The molecule has 2 N–H and O–H groups in total. The number of pyridine rings is 1. The van der Waals surface area contributed by atoms with E-state index >= 15 is 4.39 Å². The van der Waals surface area contributed by atoms with Gasteiger partial charge in [0.2, 0.25) is 0 Å². The summed E-state index contributed by atoms with van der Waals surface area (Å²) in [4.78, 5) is 18.4. The lowest BCUT2D eigenvalue weighted by molar-refractivity contribution is -0.115. The number of terminal acetylenes is 1. The zero-order valence-electron chi connectivity index (χ0n) is 27.4. The molecule has 1 saturated carbocycles. The lowest BCUT2D eigenvalue weighted by Crippen LogP contribution is -2.60. The van der Waals surface area contributed by atoms with Crippen molar-refractivity contribution in [2.24, 2.45) is 5.41 Å². The Bertz CT molecular complexity index is 1980. The van der Waals surface area contributed by atoms with E-state index in [2.05, 4.69) is 20.8 Å². The molecule has 0 unspecified atom stereocenters. The zero-order chi connectivity index (χ0) is 33.9. The normalized spacial score (nSPS) is 26.3. The summed E-state index contributed by atoms with van der Waals surface area (Å²) in [6, 6.07) is 6.28. The molecule has 0 spiro atoms. The summed E-state index contributed by atoms with van der Waals surface area (Å²) in [6.07, 6.45) is 12.5. The van der Waals surface area contributed by atoms with E-state index in [4.69, 9.17) is 25.6 Å². The second-order valence-electron chi connectivity index (χ2n) is 14.2. The van der Waals surface area contributed by atoms with Crippen LogP contribution in [0, 0.1) is 29.4 Å². The maximum Gasteiger partial charge on any atom is 0.319 e. The van der Waals surface area contributed by atoms with E-state index in [0.29, 0.717) is 48.4 Å². The molecule has 4 aromatic rings. The first-order valence-corrected chi connectivity index (χ1v) is 17.0. The van der Waals surface area contributed by atoms with E-state index in [-0.39, 0.29) is 58.1 Å². The van der Waals surface area contributed by atoms with Crippen LogP contribution in [0.15, 0.2) is 30.5 Å².